The molecule has 1 unspecified atom stereocenters. The van der Waals surface area contributed by atoms with Crippen molar-refractivity contribution >= 4 is 55.2 Å². The predicted molar refractivity (Wildman–Crippen MR) is 213 cm³/mol. The fourth-order valence-corrected chi connectivity index (χ4v) is 8.04. The van der Waals surface area contributed by atoms with Gasteiger partial charge in [0, 0.05) is 44.3 Å². The molecule has 1 aromatic heterocycles. The lowest BCUT2D eigenvalue weighted by molar-refractivity contribution is -0.129. The second-order valence-corrected chi connectivity index (χ2v) is 23.9. The Hall–Kier alpha value is -3.06. The van der Waals surface area contributed by atoms with Gasteiger partial charge in [0.05, 0.1) is 33.4 Å². The van der Waals surface area contributed by atoms with E-state index in [9.17, 15) is 9.59 Å². The molecule has 0 N–H and O–H groups in total. The summed E-state index contributed by atoms with van der Waals surface area (Å²) in [7, 11) is -1.90. The summed E-state index contributed by atoms with van der Waals surface area (Å²) >= 11 is 13.1. The SMILES string of the molecule is CC(C)(C)OC(=O)N1CC2CC(c3nc(CCCO[Si](C)(C)C(C)(C)C)co3)=C(C(=O)N(Cc3cccc(Cl)c3Cl)C3CC3)[C@@H](C1)N2C(=O)OC(C)(C)C. The highest BCUT2D eigenvalue weighted by Crippen LogP contribution is 2.43. The van der Waals surface area contributed by atoms with E-state index < -0.39 is 43.8 Å². The van der Waals surface area contributed by atoms with Crippen molar-refractivity contribution in [3.8, 4) is 0 Å². The van der Waals surface area contributed by atoms with Crippen LogP contribution in [0.25, 0.3) is 5.57 Å². The lowest BCUT2D eigenvalue weighted by atomic mass is 9.84. The number of hydrogen-bond donors (Lipinski definition) is 0. The topological polar surface area (TPSA) is 115 Å². The van der Waals surface area contributed by atoms with Crippen LogP contribution in [0.15, 0.2) is 34.5 Å². The predicted octanol–water partition coefficient (Wildman–Crippen LogP) is 9.51. The molecule has 1 saturated carbocycles. The third-order valence-corrected chi connectivity index (χ3v) is 15.8. The van der Waals surface area contributed by atoms with Crippen LogP contribution in [0, 0.1) is 0 Å². The summed E-state index contributed by atoms with van der Waals surface area (Å²) in [5.74, 6) is 0.0499. The van der Waals surface area contributed by atoms with Gasteiger partial charge in [0.15, 0.2) is 8.32 Å². The zero-order chi connectivity index (χ0) is 40.0. The number of oxazole rings is 1. The molecular weight excluding hydrogens is 747 g/mol. The molecule has 2 atom stereocenters. The van der Waals surface area contributed by atoms with Crippen LogP contribution in [-0.2, 0) is 31.7 Å². The molecule has 298 valence electrons. The van der Waals surface area contributed by atoms with Crippen molar-refractivity contribution in [2.75, 3.05) is 19.7 Å². The summed E-state index contributed by atoms with van der Waals surface area (Å²) in [5, 5.41) is 0.895. The largest absolute Gasteiger partial charge is 0.445 e. The number of rotatable bonds is 10. The van der Waals surface area contributed by atoms with Crippen LogP contribution < -0.4 is 0 Å². The summed E-state index contributed by atoms with van der Waals surface area (Å²) < 4.78 is 24.3. The van der Waals surface area contributed by atoms with Crippen LogP contribution in [0.1, 0.15) is 105 Å². The van der Waals surface area contributed by atoms with E-state index in [1.807, 2.05) is 32.9 Å². The van der Waals surface area contributed by atoms with Crippen molar-refractivity contribution in [2.45, 2.75) is 148 Å². The maximum absolute atomic E-state index is 15.2. The Balaban J connectivity index is 1.56. The molecule has 2 aliphatic heterocycles. The second-order valence-electron chi connectivity index (χ2n) is 18.3. The van der Waals surface area contributed by atoms with E-state index in [0.717, 1.165) is 25.0 Å². The average molecular weight is 806 g/mol. The highest BCUT2D eigenvalue weighted by Gasteiger charge is 2.51. The number of fused-ring (bicyclic) bond motifs is 2. The number of ether oxygens (including phenoxy) is 2. The molecule has 1 aliphatic carbocycles. The van der Waals surface area contributed by atoms with Crippen LogP contribution in [0.4, 0.5) is 9.59 Å². The highest BCUT2D eigenvalue weighted by molar-refractivity contribution is 6.74. The van der Waals surface area contributed by atoms with E-state index in [1.165, 1.54) is 0 Å². The minimum atomic E-state index is -1.90. The lowest BCUT2D eigenvalue weighted by Gasteiger charge is -2.50. The summed E-state index contributed by atoms with van der Waals surface area (Å²) in [6.07, 6.45) is 3.82. The van der Waals surface area contributed by atoms with Gasteiger partial charge in [-0.1, -0.05) is 56.1 Å². The standard InChI is InChI=1S/C40H58Cl2N4O7Si/c1-38(2,3)52-36(48)44-22-28-20-29(34-43-26(24-50-34)15-13-19-51-54(10,11)40(7,8)9)32(31(23-44)46(28)37(49)53-39(4,5)6)35(47)45(27-17-18-27)21-25-14-12-16-30(41)33(25)42/h12,14,16,24,27-28,31H,13,15,17-23H2,1-11H3/t28?,31-/m1/s1. The molecule has 54 heavy (non-hydrogen) atoms. The Labute approximate surface area is 331 Å². The summed E-state index contributed by atoms with van der Waals surface area (Å²) in [4.78, 5) is 52.8. The van der Waals surface area contributed by atoms with Crippen LogP contribution in [0.2, 0.25) is 28.2 Å². The van der Waals surface area contributed by atoms with Gasteiger partial charge in [-0.3, -0.25) is 9.69 Å². The third kappa shape index (κ3) is 10.0. The smallest absolute Gasteiger partial charge is 0.411 e. The monoisotopic (exact) mass is 804 g/mol. The van der Waals surface area contributed by atoms with Crippen molar-refractivity contribution in [1.29, 1.82) is 0 Å². The zero-order valence-electron chi connectivity index (χ0n) is 33.8. The molecule has 0 spiro atoms. The van der Waals surface area contributed by atoms with E-state index in [2.05, 4.69) is 33.9 Å². The van der Waals surface area contributed by atoms with Gasteiger partial charge in [-0.05, 0) is 97.0 Å². The first kappa shape index (κ1) is 42.1. The number of halogens is 2. The molecule has 3 aliphatic rings. The van der Waals surface area contributed by atoms with Gasteiger partial charge < -0.3 is 28.1 Å². The Morgan fingerprint density at radius 3 is 2.22 bits per heavy atom. The van der Waals surface area contributed by atoms with Gasteiger partial charge in [-0.15, -0.1) is 0 Å². The number of aryl methyl sites for hydroxylation is 1. The van der Waals surface area contributed by atoms with Gasteiger partial charge in [0.25, 0.3) is 5.91 Å². The van der Waals surface area contributed by atoms with E-state index in [0.29, 0.717) is 45.7 Å². The van der Waals surface area contributed by atoms with Gasteiger partial charge >= 0.3 is 12.2 Å². The molecule has 0 radical (unpaired) electrons. The van der Waals surface area contributed by atoms with Crippen molar-refractivity contribution < 1.29 is 32.7 Å². The Bertz CT molecular complexity index is 1750. The number of carbonyl (C=O) groups excluding carboxylic acids is 3. The molecule has 11 nitrogen and oxygen atoms in total. The Kier molecular flexibility index (Phi) is 12.3. The zero-order valence-corrected chi connectivity index (χ0v) is 36.3. The fraction of sp³-hybridized carbons (Fsp3) is 0.650. The third-order valence-electron chi connectivity index (χ3n) is 10.4. The number of carbonyl (C=O) groups is 3. The maximum atomic E-state index is 15.2. The van der Waals surface area contributed by atoms with Gasteiger partial charge in [0.1, 0.15) is 17.5 Å². The number of benzene rings is 1. The van der Waals surface area contributed by atoms with Crippen molar-refractivity contribution in [1.82, 2.24) is 19.7 Å². The number of hydrogen-bond acceptors (Lipinski definition) is 8. The molecule has 2 aromatic rings. The maximum Gasteiger partial charge on any atom is 0.411 e. The molecule has 1 aromatic carbocycles. The highest BCUT2D eigenvalue weighted by atomic mass is 35.5. The van der Waals surface area contributed by atoms with Crippen LogP contribution in [0.5, 0.6) is 0 Å². The summed E-state index contributed by atoms with van der Waals surface area (Å²) in [6, 6.07) is 3.93. The first-order valence-electron chi connectivity index (χ1n) is 19.0. The van der Waals surface area contributed by atoms with E-state index >= 15 is 4.79 Å². The summed E-state index contributed by atoms with van der Waals surface area (Å²) in [6.45, 7) is 23.0. The van der Waals surface area contributed by atoms with Crippen LogP contribution in [-0.4, -0.2) is 95.1 Å². The normalized spacial score (nSPS) is 19.6. The molecule has 3 heterocycles. The fourth-order valence-electron chi connectivity index (χ4n) is 6.57. The minimum absolute atomic E-state index is 0.0179. The first-order valence-corrected chi connectivity index (χ1v) is 22.7. The molecule has 5 rings (SSSR count). The van der Waals surface area contributed by atoms with Crippen molar-refractivity contribution in [3.63, 3.8) is 0 Å². The van der Waals surface area contributed by atoms with Crippen LogP contribution >= 0.6 is 23.2 Å². The van der Waals surface area contributed by atoms with E-state index in [4.69, 9.17) is 46.5 Å². The summed E-state index contributed by atoms with van der Waals surface area (Å²) in [5.41, 5.74) is 0.886. The quantitative estimate of drug-likeness (QED) is 0.172. The molecule has 14 heteroatoms. The van der Waals surface area contributed by atoms with Gasteiger partial charge in [-0.25, -0.2) is 14.6 Å². The number of amides is 3. The Morgan fingerprint density at radius 2 is 1.61 bits per heavy atom. The number of piperazine rings is 1. The second kappa shape index (κ2) is 15.8. The van der Waals surface area contributed by atoms with Gasteiger partial charge in [0.2, 0.25) is 5.89 Å². The van der Waals surface area contributed by atoms with Crippen LogP contribution in [0.3, 0.4) is 0 Å². The van der Waals surface area contributed by atoms with Crippen molar-refractivity contribution in [2.24, 2.45) is 0 Å². The molecule has 1 saturated heterocycles. The minimum Gasteiger partial charge on any atom is -0.445 e. The molecule has 3 amide bonds. The lowest BCUT2D eigenvalue weighted by Crippen LogP contribution is -2.66. The van der Waals surface area contributed by atoms with E-state index in [1.54, 1.807) is 47.8 Å². The van der Waals surface area contributed by atoms with Gasteiger partial charge in [-0.2, -0.15) is 0 Å². The molecule has 2 fully saturated rings. The first-order chi connectivity index (χ1) is 25.0. The Morgan fingerprint density at radius 1 is 0.963 bits per heavy atom. The van der Waals surface area contributed by atoms with Crippen molar-refractivity contribution in [3.05, 3.63) is 57.2 Å². The average Bonchev–Trinajstić information content (AvgIpc) is 3.77. The van der Waals surface area contributed by atoms with E-state index in [-0.39, 0.29) is 43.0 Å². The molecule has 2 bridgehead atoms. The number of aromatic nitrogens is 1. The number of nitrogens with zero attached hydrogens (tertiary/aromatic N) is 4. The molecular formula is C40H58Cl2N4O7Si.